The zero-order chi connectivity index (χ0) is 17.7. The van der Waals surface area contributed by atoms with Gasteiger partial charge in [-0.05, 0) is 37.9 Å². The molecule has 7 heteroatoms. The minimum Gasteiger partial charge on any atom is -0.391 e. The van der Waals surface area contributed by atoms with E-state index < -0.39 is 17.8 Å². The highest BCUT2D eigenvalue weighted by atomic mass is 19.4. The van der Waals surface area contributed by atoms with Gasteiger partial charge < -0.3 is 15.3 Å². The number of aromatic nitrogens is 1. The van der Waals surface area contributed by atoms with Crippen molar-refractivity contribution in [1.82, 2.24) is 9.88 Å². The van der Waals surface area contributed by atoms with Crippen LogP contribution in [0.2, 0.25) is 0 Å². The molecule has 1 saturated heterocycles. The molecular formula is C17H24F3N3O. The molecule has 2 aliphatic rings. The Labute approximate surface area is 140 Å². The topological polar surface area (TPSA) is 48.4 Å². The van der Waals surface area contributed by atoms with Crippen molar-refractivity contribution in [1.29, 1.82) is 0 Å². The van der Waals surface area contributed by atoms with Crippen LogP contribution in [-0.2, 0) is 6.18 Å². The Bertz CT molecular complexity index is 585. The smallest absolute Gasteiger partial charge is 0.391 e. The fraction of sp³-hybridized carbons (Fsp3) is 0.706. The van der Waals surface area contributed by atoms with Gasteiger partial charge in [-0.15, -0.1) is 0 Å². The summed E-state index contributed by atoms with van der Waals surface area (Å²) in [6.07, 6.45) is -2.54. The molecule has 24 heavy (non-hydrogen) atoms. The van der Waals surface area contributed by atoms with E-state index in [4.69, 9.17) is 0 Å². The molecule has 2 heterocycles. The van der Waals surface area contributed by atoms with Crippen LogP contribution in [0.1, 0.15) is 32.3 Å². The number of nitrogens with one attached hydrogen (secondary N) is 1. The van der Waals surface area contributed by atoms with E-state index in [0.717, 1.165) is 31.6 Å². The second-order valence-corrected chi connectivity index (χ2v) is 7.62. The van der Waals surface area contributed by atoms with Crippen LogP contribution in [0.25, 0.3) is 0 Å². The lowest BCUT2D eigenvalue weighted by Crippen LogP contribution is -2.64. The summed E-state index contributed by atoms with van der Waals surface area (Å²) >= 11 is 0. The maximum atomic E-state index is 12.6. The second-order valence-electron chi connectivity index (χ2n) is 7.62. The zero-order valence-corrected chi connectivity index (χ0v) is 14.1. The van der Waals surface area contributed by atoms with Gasteiger partial charge in [-0.25, -0.2) is 4.98 Å². The SMILES string of the molecule is CC(C)C1N(C)CC12C[C@@H](O)[C@H](Nc1ccc(C(F)(F)F)cn1)C2. The molecule has 2 unspecified atom stereocenters. The lowest BCUT2D eigenvalue weighted by Gasteiger charge is -2.57. The summed E-state index contributed by atoms with van der Waals surface area (Å²) in [6.45, 7) is 5.32. The van der Waals surface area contributed by atoms with Gasteiger partial charge in [0.05, 0.1) is 17.7 Å². The summed E-state index contributed by atoms with van der Waals surface area (Å²) in [5.41, 5.74) is -0.677. The van der Waals surface area contributed by atoms with E-state index in [1.807, 2.05) is 0 Å². The van der Waals surface area contributed by atoms with E-state index in [9.17, 15) is 18.3 Å². The maximum absolute atomic E-state index is 12.6. The average Bonchev–Trinajstić information content (AvgIpc) is 2.75. The first kappa shape index (κ1) is 17.5. The molecule has 4 nitrogen and oxygen atoms in total. The van der Waals surface area contributed by atoms with Crippen molar-refractivity contribution in [3.63, 3.8) is 0 Å². The number of pyridine rings is 1. The van der Waals surface area contributed by atoms with E-state index in [0.29, 0.717) is 17.8 Å². The first-order valence-corrected chi connectivity index (χ1v) is 8.30. The monoisotopic (exact) mass is 343 g/mol. The van der Waals surface area contributed by atoms with Gasteiger partial charge >= 0.3 is 6.18 Å². The van der Waals surface area contributed by atoms with Crippen LogP contribution < -0.4 is 5.32 Å². The molecular weight excluding hydrogens is 319 g/mol. The quantitative estimate of drug-likeness (QED) is 0.886. The number of hydrogen-bond acceptors (Lipinski definition) is 4. The van der Waals surface area contributed by atoms with Gasteiger partial charge in [-0.3, -0.25) is 0 Å². The highest BCUT2D eigenvalue weighted by molar-refractivity contribution is 5.38. The fourth-order valence-corrected chi connectivity index (χ4v) is 4.83. The second kappa shape index (κ2) is 5.88. The number of aliphatic hydroxyl groups excluding tert-OH is 1. The van der Waals surface area contributed by atoms with Crippen LogP contribution >= 0.6 is 0 Å². The van der Waals surface area contributed by atoms with Gasteiger partial charge in [0.25, 0.3) is 0 Å². The van der Waals surface area contributed by atoms with Crippen LogP contribution in [0.3, 0.4) is 0 Å². The summed E-state index contributed by atoms with van der Waals surface area (Å²) in [5, 5.41) is 13.6. The highest BCUT2D eigenvalue weighted by Crippen LogP contribution is 2.52. The van der Waals surface area contributed by atoms with E-state index >= 15 is 0 Å². The van der Waals surface area contributed by atoms with Gasteiger partial charge in [-0.2, -0.15) is 13.2 Å². The summed E-state index contributed by atoms with van der Waals surface area (Å²) in [6, 6.07) is 2.59. The molecule has 2 N–H and O–H groups in total. The fourth-order valence-electron chi connectivity index (χ4n) is 4.83. The van der Waals surface area contributed by atoms with Gasteiger partial charge in [0, 0.05) is 24.2 Å². The molecule has 0 aromatic carbocycles. The molecule has 0 bridgehead atoms. The molecule has 1 saturated carbocycles. The Hall–Kier alpha value is -1.34. The third-order valence-electron chi connectivity index (χ3n) is 5.43. The molecule has 1 spiro atoms. The lowest BCUT2D eigenvalue weighted by atomic mass is 9.66. The number of halogens is 3. The maximum Gasteiger partial charge on any atom is 0.417 e. The first-order valence-electron chi connectivity index (χ1n) is 8.30. The lowest BCUT2D eigenvalue weighted by molar-refractivity contribution is -0.137. The molecule has 1 aliphatic carbocycles. The summed E-state index contributed by atoms with van der Waals surface area (Å²) in [7, 11) is 2.10. The molecule has 0 radical (unpaired) electrons. The highest BCUT2D eigenvalue weighted by Gasteiger charge is 2.58. The van der Waals surface area contributed by atoms with Crippen LogP contribution in [0.15, 0.2) is 18.3 Å². The van der Waals surface area contributed by atoms with E-state index in [-0.39, 0.29) is 11.5 Å². The van der Waals surface area contributed by atoms with Crippen LogP contribution in [0.5, 0.6) is 0 Å². The van der Waals surface area contributed by atoms with E-state index in [2.05, 4.69) is 36.1 Å². The van der Waals surface area contributed by atoms with Gasteiger partial charge in [-0.1, -0.05) is 13.8 Å². The van der Waals surface area contributed by atoms with Crippen LogP contribution in [0.4, 0.5) is 19.0 Å². The van der Waals surface area contributed by atoms with Gasteiger partial charge in [0.2, 0.25) is 0 Å². The van der Waals surface area contributed by atoms with Crippen molar-refractivity contribution in [3.05, 3.63) is 23.9 Å². The number of nitrogens with zero attached hydrogens (tertiary/aromatic N) is 2. The Kier molecular flexibility index (Phi) is 4.28. The first-order chi connectivity index (χ1) is 11.1. The molecule has 1 aromatic heterocycles. The minimum absolute atomic E-state index is 0.0892. The van der Waals surface area contributed by atoms with Crippen molar-refractivity contribution in [2.75, 3.05) is 18.9 Å². The molecule has 2 fully saturated rings. The molecule has 0 amide bonds. The number of likely N-dealkylation sites (tertiary alicyclic amines) is 1. The number of anilines is 1. The third kappa shape index (κ3) is 2.99. The summed E-state index contributed by atoms with van der Waals surface area (Å²) in [4.78, 5) is 6.17. The third-order valence-corrected chi connectivity index (χ3v) is 5.43. The van der Waals surface area contributed by atoms with Crippen molar-refractivity contribution in [3.8, 4) is 0 Å². The van der Waals surface area contributed by atoms with Crippen molar-refractivity contribution in [2.45, 2.75) is 51.1 Å². The van der Waals surface area contributed by atoms with Crippen molar-refractivity contribution >= 4 is 5.82 Å². The van der Waals surface area contributed by atoms with Gasteiger partial charge in [0.1, 0.15) is 5.82 Å². The van der Waals surface area contributed by atoms with Crippen molar-refractivity contribution < 1.29 is 18.3 Å². The minimum atomic E-state index is -4.39. The van der Waals surface area contributed by atoms with Crippen LogP contribution in [0, 0.1) is 11.3 Å². The zero-order valence-electron chi connectivity index (χ0n) is 14.1. The largest absolute Gasteiger partial charge is 0.417 e. The molecule has 1 aliphatic heterocycles. The normalized spacial score (nSPS) is 33.9. The standard InChI is InChI=1S/C17H24F3N3O/c1-10(2)15-16(9-23(15)3)6-12(13(24)7-16)22-14-5-4-11(8-21-14)17(18,19)20/h4-5,8,10,12-13,15,24H,6-7,9H2,1-3H3,(H,21,22)/t12-,13-,15?,16?/m1/s1. The molecule has 1 aromatic rings. The Balaban J connectivity index is 1.68. The number of hydrogen-bond donors (Lipinski definition) is 2. The predicted molar refractivity (Wildman–Crippen MR) is 85.6 cm³/mol. The Morgan fingerprint density at radius 2 is 2.04 bits per heavy atom. The number of aliphatic hydroxyl groups is 1. The van der Waals surface area contributed by atoms with Crippen molar-refractivity contribution in [2.24, 2.45) is 11.3 Å². The number of rotatable bonds is 3. The summed E-state index contributed by atoms with van der Waals surface area (Å²) < 4.78 is 37.8. The molecule has 4 atom stereocenters. The predicted octanol–water partition coefficient (Wildman–Crippen LogP) is 2.99. The number of alkyl halides is 3. The Morgan fingerprint density at radius 1 is 1.33 bits per heavy atom. The van der Waals surface area contributed by atoms with E-state index in [1.54, 1.807) is 0 Å². The van der Waals surface area contributed by atoms with Gasteiger partial charge in [0.15, 0.2) is 0 Å². The Morgan fingerprint density at radius 3 is 2.54 bits per heavy atom. The van der Waals surface area contributed by atoms with E-state index in [1.165, 1.54) is 6.07 Å². The molecule has 134 valence electrons. The average molecular weight is 343 g/mol. The molecule has 3 rings (SSSR count). The summed E-state index contributed by atoms with van der Waals surface area (Å²) in [5.74, 6) is 0.872. The van der Waals surface area contributed by atoms with Crippen LogP contribution in [-0.4, -0.2) is 46.8 Å².